The molecule has 172 valence electrons. The number of carboxylic acids is 1. The van der Waals surface area contributed by atoms with Crippen LogP contribution in [0.2, 0.25) is 0 Å². The van der Waals surface area contributed by atoms with E-state index in [1.165, 1.54) is 19.4 Å². The van der Waals surface area contributed by atoms with Crippen molar-refractivity contribution in [3.05, 3.63) is 83.9 Å². The zero-order valence-electron chi connectivity index (χ0n) is 19.5. The predicted molar refractivity (Wildman–Crippen MR) is 129 cm³/mol. The third kappa shape index (κ3) is 7.17. The van der Waals surface area contributed by atoms with Crippen molar-refractivity contribution in [2.24, 2.45) is 10.2 Å². The van der Waals surface area contributed by atoms with Crippen molar-refractivity contribution in [2.45, 2.75) is 45.6 Å². The van der Waals surface area contributed by atoms with Gasteiger partial charge in [0, 0.05) is 6.42 Å². The first-order valence-electron chi connectivity index (χ1n) is 11.0. The zero-order chi connectivity index (χ0) is 23.8. The van der Waals surface area contributed by atoms with Crippen molar-refractivity contribution in [1.82, 2.24) is 0 Å². The summed E-state index contributed by atoms with van der Waals surface area (Å²) in [5.74, 6) is 0.770. The minimum Gasteiger partial charge on any atom is -0.493 e. The third-order valence-electron chi connectivity index (χ3n) is 5.15. The fourth-order valence-corrected chi connectivity index (χ4v) is 3.00. The Morgan fingerprint density at radius 1 is 0.848 bits per heavy atom. The molecule has 0 bridgehead atoms. The molecule has 1 N–H and O–H groups in total. The molecule has 6 heteroatoms. The maximum Gasteiger partial charge on any atom is 0.347 e. The van der Waals surface area contributed by atoms with Gasteiger partial charge in [0.25, 0.3) is 0 Å². The fourth-order valence-electron chi connectivity index (χ4n) is 3.00. The van der Waals surface area contributed by atoms with Crippen molar-refractivity contribution in [3.8, 4) is 11.5 Å². The Bertz CT molecular complexity index is 1070. The van der Waals surface area contributed by atoms with Crippen LogP contribution in [0.1, 0.15) is 44.7 Å². The summed E-state index contributed by atoms with van der Waals surface area (Å²) in [5, 5.41) is 17.7. The lowest BCUT2D eigenvalue weighted by molar-refractivity contribution is -0.152. The van der Waals surface area contributed by atoms with Crippen LogP contribution in [-0.2, 0) is 11.2 Å². The number of ether oxygens (including phenoxy) is 2. The highest BCUT2D eigenvalue weighted by atomic mass is 16.5. The van der Waals surface area contributed by atoms with E-state index in [1.807, 2.05) is 48.5 Å². The molecule has 0 radical (unpaired) electrons. The second-order valence-electron chi connectivity index (χ2n) is 8.60. The second-order valence-corrected chi connectivity index (χ2v) is 8.60. The van der Waals surface area contributed by atoms with Crippen LogP contribution in [-0.4, -0.2) is 23.3 Å². The molecule has 0 fully saturated rings. The number of hydrogen-bond acceptors (Lipinski definition) is 5. The quantitative estimate of drug-likeness (QED) is 0.337. The average molecular weight is 447 g/mol. The smallest absolute Gasteiger partial charge is 0.347 e. The Hall–Kier alpha value is -3.67. The van der Waals surface area contributed by atoms with Gasteiger partial charge >= 0.3 is 5.97 Å². The van der Waals surface area contributed by atoms with Gasteiger partial charge in [-0.25, -0.2) is 4.79 Å². The van der Waals surface area contributed by atoms with E-state index in [0.29, 0.717) is 18.3 Å². The van der Waals surface area contributed by atoms with Crippen LogP contribution in [0.3, 0.4) is 0 Å². The van der Waals surface area contributed by atoms with Crippen LogP contribution in [0.15, 0.2) is 83.0 Å². The van der Waals surface area contributed by atoms with Crippen molar-refractivity contribution in [3.63, 3.8) is 0 Å². The number of carbonyl (C=O) groups is 1. The number of azo groups is 1. The molecule has 33 heavy (non-hydrogen) atoms. The predicted octanol–water partition coefficient (Wildman–Crippen LogP) is 7.09. The third-order valence-corrected chi connectivity index (χ3v) is 5.15. The van der Waals surface area contributed by atoms with Gasteiger partial charge in [-0.2, -0.15) is 10.2 Å². The van der Waals surface area contributed by atoms with E-state index in [2.05, 4.69) is 36.2 Å². The fraction of sp³-hybridized carbons (Fsp3) is 0.296. The molecule has 0 atom stereocenters. The summed E-state index contributed by atoms with van der Waals surface area (Å²) in [6.45, 7) is 7.89. The molecule has 3 aromatic carbocycles. The second kappa shape index (κ2) is 10.8. The Kier molecular flexibility index (Phi) is 7.83. The molecule has 6 nitrogen and oxygen atoms in total. The van der Waals surface area contributed by atoms with E-state index in [0.717, 1.165) is 29.1 Å². The Morgan fingerprint density at radius 2 is 1.36 bits per heavy atom. The number of nitrogens with zero attached hydrogens (tertiary/aromatic N) is 2. The average Bonchev–Trinajstić information content (AvgIpc) is 2.79. The lowest BCUT2D eigenvalue weighted by Crippen LogP contribution is -2.37. The van der Waals surface area contributed by atoms with Gasteiger partial charge in [-0.1, -0.05) is 38.1 Å². The maximum absolute atomic E-state index is 11.2. The van der Waals surface area contributed by atoms with Crippen molar-refractivity contribution in [2.75, 3.05) is 6.61 Å². The summed E-state index contributed by atoms with van der Waals surface area (Å²) in [6, 6.07) is 23.0. The first-order valence-corrected chi connectivity index (χ1v) is 11.0. The summed E-state index contributed by atoms with van der Waals surface area (Å²) in [5.41, 5.74) is 2.67. The lowest BCUT2D eigenvalue weighted by Gasteiger charge is -2.21. The monoisotopic (exact) mass is 446 g/mol. The SMILES string of the molecule is CC(C)c1ccc(N=Nc2ccc(OCCc3ccc(OC(C)(C)C(=O)O)cc3)cc2)cc1. The van der Waals surface area contributed by atoms with E-state index in [1.54, 1.807) is 12.1 Å². The highest BCUT2D eigenvalue weighted by Gasteiger charge is 2.29. The van der Waals surface area contributed by atoms with Crippen molar-refractivity contribution in [1.29, 1.82) is 0 Å². The molecule has 0 aliphatic rings. The van der Waals surface area contributed by atoms with Gasteiger partial charge in [0.2, 0.25) is 0 Å². The van der Waals surface area contributed by atoms with Gasteiger partial charge in [-0.15, -0.1) is 0 Å². The first-order chi connectivity index (χ1) is 15.7. The molecular formula is C27H30N2O4. The number of benzene rings is 3. The summed E-state index contributed by atoms with van der Waals surface area (Å²) in [6.07, 6.45) is 0.719. The highest BCUT2D eigenvalue weighted by molar-refractivity contribution is 5.76. The van der Waals surface area contributed by atoms with Crippen LogP contribution in [0.4, 0.5) is 11.4 Å². The molecule has 0 aromatic heterocycles. The normalized spacial score (nSPS) is 11.7. The number of hydrogen-bond donors (Lipinski definition) is 1. The lowest BCUT2D eigenvalue weighted by atomic mass is 10.0. The van der Waals surface area contributed by atoms with E-state index in [-0.39, 0.29) is 0 Å². The summed E-state index contributed by atoms with van der Waals surface area (Å²) in [4.78, 5) is 11.2. The zero-order valence-corrected chi connectivity index (χ0v) is 19.5. The van der Waals surface area contributed by atoms with Crippen molar-refractivity contribution < 1.29 is 19.4 Å². The van der Waals surface area contributed by atoms with Gasteiger partial charge in [0.05, 0.1) is 18.0 Å². The van der Waals surface area contributed by atoms with Gasteiger partial charge in [0.15, 0.2) is 5.60 Å². The molecule has 0 unspecified atom stereocenters. The summed E-state index contributed by atoms with van der Waals surface area (Å²) < 4.78 is 11.3. The van der Waals surface area contributed by atoms with Gasteiger partial charge < -0.3 is 14.6 Å². The van der Waals surface area contributed by atoms with Gasteiger partial charge in [-0.3, -0.25) is 0 Å². The van der Waals surface area contributed by atoms with E-state index in [9.17, 15) is 4.79 Å². The van der Waals surface area contributed by atoms with Crippen LogP contribution in [0, 0.1) is 0 Å². The van der Waals surface area contributed by atoms with E-state index < -0.39 is 11.6 Å². The van der Waals surface area contributed by atoms with Crippen molar-refractivity contribution >= 4 is 17.3 Å². The maximum atomic E-state index is 11.2. The molecule has 0 heterocycles. The molecule has 0 saturated heterocycles. The number of aliphatic carboxylic acids is 1. The minimum atomic E-state index is -1.27. The molecule has 3 aromatic rings. The number of rotatable bonds is 10. The van der Waals surface area contributed by atoms with Crippen LogP contribution >= 0.6 is 0 Å². The first kappa shape index (κ1) is 24.0. The Balaban J connectivity index is 1.47. The van der Waals surface area contributed by atoms with Gasteiger partial charge in [0.1, 0.15) is 11.5 Å². The topological polar surface area (TPSA) is 80.5 Å². The van der Waals surface area contributed by atoms with Gasteiger partial charge in [-0.05, 0) is 79.4 Å². The molecular weight excluding hydrogens is 416 g/mol. The van der Waals surface area contributed by atoms with Crippen LogP contribution < -0.4 is 9.47 Å². The van der Waals surface area contributed by atoms with Crippen LogP contribution in [0.5, 0.6) is 11.5 Å². The molecule has 0 amide bonds. The standard InChI is InChI=1S/C27H30N2O4/c1-19(2)21-7-9-22(10-8-21)28-29-23-11-15-24(16-12-23)32-18-17-20-5-13-25(14-6-20)33-27(3,4)26(30)31/h5-16,19H,17-18H2,1-4H3,(H,30,31). The minimum absolute atomic E-state index is 0.494. The molecule has 0 saturated carbocycles. The molecule has 0 aliphatic heterocycles. The molecule has 3 rings (SSSR count). The summed E-state index contributed by atoms with van der Waals surface area (Å²) in [7, 11) is 0. The molecule has 0 aliphatic carbocycles. The number of carboxylic acid groups (broad SMARTS) is 1. The molecule has 0 spiro atoms. The van der Waals surface area contributed by atoms with Crippen LogP contribution in [0.25, 0.3) is 0 Å². The summed E-state index contributed by atoms with van der Waals surface area (Å²) >= 11 is 0. The largest absolute Gasteiger partial charge is 0.493 e. The Morgan fingerprint density at radius 3 is 1.88 bits per heavy atom. The highest BCUT2D eigenvalue weighted by Crippen LogP contribution is 2.24. The Labute approximate surface area is 194 Å². The van der Waals surface area contributed by atoms with E-state index >= 15 is 0 Å². The van der Waals surface area contributed by atoms with E-state index in [4.69, 9.17) is 14.6 Å².